The average Bonchev–Trinajstić information content (AvgIpc) is 3.52. The van der Waals surface area contributed by atoms with E-state index in [2.05, 4.69) is 158 Å². The number of carbonyl (C=O) groups is 5. The molecule has 0 radical (unpaired) electrons. The van der Waals surface area contributed by atoms with Crippen molar-refractivity contribution in [3.05, 3.63) is 135 Å². The van der Waals surface area contributed by atoms with Crippen LogP contribution in [-0.2, 0) is 9.59 Å². The molecule has 0 aliphatic heterocycles. The van der Waals surface area contributed by atoms with Crippen molar-refractivity contribution in [1.82, 2.24) is 40.2 Å². The number of aromatic nitrogens is 2. The van der Waals surface area contributed by atoms with Crippen LogP contribution in [0.25, 0.3) is 11.0 Å². The summed E-state index contributed by atoms with van der Waals surface area (Å²) in [7, 11) is 7.78. The van der Waals surface area contributed by atoms with Crippen LogP contribution in [0, 0.1) is 13.8 Å². The fourth-order valence-electron chi connectivity index (χ4n) is 9.54. The number of amides is 4. The molecule has 458 valence electrons. The number of imidazole rings is 1. The molecule has 0 aliphatic carbocycles. The highest BCUT2D eigenvalue weighted by Gasteiger charge is 2.21. The smallest absolute Gasteiger partial charge is 0.323 e. The minimum atomic E-state index is -0.760. The summed E-state index contributed by atoms with van der Waals surface area (Å²) in [6, 6.07) is 29.1. The molecule has 1 heterocycles. The number of nitrogens with one attached hydrogen (secondary N) is 10. The van der Waals surface area contributed by atoms with Gasteiger partial charge in [0.1, 0.15) is 0 Å². The monoisotopic (exact) mass is 1170 g/mol. The Labute approximate surface area is 501 Å². The molecule has 21 heteroatoms. The first-order valence-electron chi connectivity index (χ1n) is 29.5. The zero-order valence-electron chi connectivity index (χ0n) is 52.1. The van der Waals surface area contributed by atoms with Crippen molar-refractivity contribution in [2.24, 2.45) is 5.10 Å². The molecule has 0 fully saturated rings. The second kappa shape index (κ2) is 33.8. The topological polar surface area (TPSA) is 256 Å². The molecule has 4 amide bonds. The van der Waals surface area contributed by atoms with Gasteiger partial charge in [0.25, 0.3) is 23.6 Å². The van der Waals surface area contributed by atoms with Gasteiger partial charge in [-0.15, -0.1) is 0 Å². The van der Waals surface area contributed by atoms with E-state index in [4.69, 9.17) is 0 Å². The zero-order valence-corrected chi connectivity index (χ0v) is 52.1. The molecular weight excluding hydrogens is 1070 g/mol. The molecule has 2 atom stereocenters. The largest absolute Gasteiger partial charge is 0.370 e. The van der Waals surface area contributed by atoms with Gasteiger partial charge in [0.2, 0.25) is 0 Å². The van der Waals surface area contributed by atoms with E-state index in [9.17, 15) is 28.8 Å². The summed E-state index contributed by atoms with van der Waals surface area (Å²) in [5, 5.41) is 26.3. The van der Waals surface area contributed by atoms with E-state index < -0.39 is 23.3 Å². The lowest BCUT2D eigenvalue weighted by Gasteiger charge is -2.32. The maximum atomic E-state index is 13.3. The maximum absolute atomic E-state index is 13.3. The van der Waals surface area contributed by atoms with E-state index in [1.165, 1.54) is 55.0 Å². The van der Waals surface area contributed by atoms with E-state index >= 15 is 0 Å². The predicted molar refractivity (Wildman–Crippen MR) is 348 cm³/mol. The van der Waals surface area contributed by atoms with Crippen LogP contribution in [-0.4, -0.2) is 158 Å². The standard InChI is InChI=1S/C37H46N10O6.C27H45N5/c1-22-17-28(21-30-31(22)43-37(53)42-30)41-36(52)32(23(2)48)45-44-27-11-9-24(10-12-27)35(51)40-29-19-25(33(49)38-13-7-15-46(3)4)18-26(20-29)34(50)39-14-8-16-47(5)6;1-8-26(31(10-3)11-4)29-24-18-23(28-22-16-14-21(7)15-17-22)19-25(20-24)30-27(9-2)32(12-5)13-6/h9-12,17-21,44H,7-8,13-16H2,1-6H3,(H,38,49)(H,39,50)(H,40,51)(H,41,52)(H2,42,43,53);14-20,26-30H,8-13H2,1-7H3/b45-32-;. The summed E-state index contributed by atoms with van der Waals surface area (Å²) in [5.41, 5.74) is 11.1. The van der Waals surface area contributed by atoms with Gasteiger partial charge in [0, 0.05) is 70.8 Å². The van der Waals surface area contributed by atoms with Crippen molar-refractivity contribution in [2.75, 3.05) is 113 Å². The van der Waals surface area contributed by atoms with Crippen LogP contribution in [0.4, 0.5) is 39.8 Å². The van der Waals surface area contributed by atoms with Crippen molar-refractivity contribution in [3.63, 3.8) is 0 Å². The van der Waals surface area contributed by atoms with Gasteiger partial charge in [-0.25, -0.2) is 4.79 Å². The number of ketones is 1. The number of aromatic amines is 2. The fraction of sp³-hybridized carbons (Fsp3) is 0.422. The molecule has 6 rings (SSSR count). The van der Waals surface area contributed by atoms with E-state index in [1.807, 2.05) is 38.0 Å². The molecule has 10 N–H and O–H groups in total. The Hall–Kier alpha value is -8.37. The predicted octanol–water partition coefficient (Wildman–Crippen LogP) is 9.49. The summed E-state index contributed by atoms with van der Waals surface area (Å²) in [5.74, 6) is -2.59. The van der Waals surface area contributed by atoms with Crippen LogP contribution in [0.1, 0.15) is 116 Å². The van der Waals surface area contributed by atoms with Crippen molar-refractivity contribution in [3.8, 4) is 0 Å². The molecule has 1 aromatic heterocycles. The summed E-state index contributed by atoms with van der Waals surface area (Å²) < 4.78 is 0. The van der Waals surface area contributed by atoms with Gasteiger partial charge < -0.3 is 57.0 Å². The third kappa shape index (κ3) is 21.3. The number of nitrogens with zero attached hydrogens (tertiary/aromatic N) is 5. The van der Waals surface area contributed by atoms with Crippen LogP contribution in [0.15, 0.2) is 107 Å². The number of hydrogen-bond acceptors (Lipinski definition) is 15. The van der Waals surface area contributed by atoms with Crippen LogP contribution < -0.4 is 48.3 Å². The Bertz CT molecular complexity index is 3150. The first-order valence-corrected chi connectivity index (χ1v) is 29.5. The summed E-state index contributed by atoms with van der Waals surface area (Å²) in [6.45, 7) is 25.1. The zero-order chi connectivity index (χ0) is 62.2. The molecule has 0 saturated carbocycles. The minimum absolute atomic E-state index is 0.226. The van der Waals surface area contributed by atoms with Crippen LogP contribution in [0.2, 0.25) is 0 Å². The maximum Gasteiger partial charge on any atom is 0.323 e. The molecule has 85 heavy (non-hydrogen) atoms. The number of carbonyl (C=O) groups excluding carboxylic acids is 5. The number of H-pyrrole nitrogens is 2. The summed E-state index contributed by atoms with van der Waals surface area (Å²) in [6.07, 6.45) is 4.22. The van der Waals surface area contributed by atoms with Gasteiger partial charge in [-0.05, 0) is 197 Å². The van der Waals surface area contributed by atoms with E-state index in [0.717, 1.165) is 87.7 Å². The number of hydrazone groups is 1. The Morgan fingerprint density at radius 3 is 1.51 bits per heavy atom. The molecular formula is C64H91N15O6. The van der Waals surface area contributed by atoms with E-state index in [1.54, 1.807) is 19.1 Å². The van der Waals surface area contributed by atoms with Crippen LogP contribution in [0.5, 0.6) is 0 Å². The minimum Gasteiger partial charge on any atom is -0.370 e. The highest BCUT2D eigenvalue weighted by atomic mass is 16.2. The van der Waals surface area contributed by atoms with Gasteiger partial charge >= 0.3 is 5.69 Å². The third-order valence-corrected chi connectivity index (χ3v) is 14.1. The fourth-order valence-corrected chi connectivity index (χ4v) is 9.54. The first-order chi connectivity index (χ1) is 40.7. The molecule has 6 aromatic rings. The van der Waals surface area contributed by atoms with Crippen molar-refractivity contribution in [2.45, 2.75) is 100 Å². The number of rotatable bonds is 31. The number of anilines is 7. The lowest BCUT2D eigenvalue weighted by atomic mass is 10.1. The third-order valence-electron chi connectivity index (χ3n) is 14.1. The van der Waals surface area contributed by atoms with Crippen LogP contribution in [0.3, 0.4) is 0 Å². The number of aryl methyl sites for hydroxylation is 2. The molecule has 21 nitrogen and oxygen atoms in total. The first kappa shape index (κ1) is 67.4. The molecule has 0 saturated heterocycles. The van der Waals surface area contributed by atoms with Gasteiger partial charge in [-0.2, -0.15) is 5.10 Å². The van der Waals surface area contributed by atoms with E-state index in [-0.39, 0.29) is 39.9 Å². The van der Waals surface area contributed by atoms with E-state index in [0.29, 0.717) is 53.4 Å². The second-order valence-electron chi connectivity index (χ2n) is 21.4. The van der Waals surface area contributed by atoms with Crippen molar-refractivity contribution in [1.29, 1.82) is 0 Å². The number of hydrogen-bond donors (Lipinski definition) is 10. The number of benzene rings is 5. The quantitative estimate of drug-likeness (QED) is 0.00640. The summed E-state index contributed by atoms with van der Waals surface area (Å²) in [4.78, 5) is 90.6. The molecule has 0 spiro atoms. The SMILES string of the molecule is CC(=O)/C(=N/Nc1ccc(C(=O)Nc2cc(C(=O)NCCCN(C)C)cc(C(=O)NCCCN(C)C)c2)cc1)C(=O)Nc1cc(C)c2[nH]c(=O)[nH]c2c1.CCC(Nc1cc(Nc2ccc(C)cc2)cc(NC(CC)N(CC)CC)c1)N(CC)CC. The second-order valence-corrected chi connectivity index (χ2v) is 21.4. The lowest BCUT2D eigenvalue weighted by Crippen LogP contribution is -2.40. The Morgan fingerprint density at radius 1 is 0.529 bits per heavy atom. The van der Waals surface area contributed by atoms with Gasteiger partial charge in [-0.3, -0.25) is 39.2 Å². The number of fused-ring (bicyclic) bond motifs is 1. The Kier molecular flexibility index (Phi) is 26.8. The molecule has 2 unspecified atom stereocenters. The highest BCUT2D eigenvalue weighted by Crippen LogP contribution is 2.29. The molecule has 5 aromatic carbocycles. The highest BCUT2D eigenvalue weighted by molar-refractivity contribution is 6.67. The lowest BCUT2D eigenvalue weighted by molar-refractivity contribution is -0.114. The van der Waals surface area contributed by atoms with Gasteiger partial charge in [0.05, 0.1) is 29.1 Å². The van der Waals surface area contributed by atoms with Gasteiger partial charge in [-0.1, -0.05) is 59.2 Å². The van der Waals surface area contributed by atoms with Crippen LogP contribution >= 0.6 is 0 Å². The summed E-state index contributed by atoms with van der Waals surface area (Å²) >= 11 is 0. The molecule has 0 aliphatic rings. The Morgan fingerprint density at radius 2 is 1.02 bits per heavy atom. The van der Waals surface area contributed by atoms with Gasteiger partial charge in [0.15, 0.2) is 11.5 Å². The average molecular weight is 1170 g/mol. The van der Waals surface area contributed by atoms with Crippen molar-refractivity contribution < 1.29 is 24.0 Å². The Balaban J connectivity index is 0.000000352. The van der Waals surface area contributed by atoms with Crippen molar-refractivity contribution >= 4 is 86.0 Å². The molecule has 0 bridgehead atoms. The number of Topliss-reactive ketones (excluding diaryl/α,β-unsaturated/α-hetero) is 1. The normalized spacial score (nSPS) is 12.1.